The molecule has 1 N–H and O–H groups in total. The molecule has 0 unspecified atom stereocenters. The Balaban J connectivity index is 2.72. The Morgan fingerprint density at radius 3 is 2.29 bits per heavy atom. The highest BCUT2D eigenvalue weighted by molar-refractivity contribution is 7.92. The zero-order valence-corrected chi connectivity index (χ0v) is 16.4. The van der Waals surface area contributed by atoms with Gasteiger partial charge in [-0.25, -0.2) is 8.42 Å². The first-order chi connectivity index (χ1) is 11.0. The van der Waals surface area contributed by atoms with Crippen LogP contribution in [0.5, 0.6) is 0 Å². The predicted molar refractivity (Wildman–Crippen MR) is 99.8 cm³/mol. The summed E-state index contributed by atoms with van der Waals surface area (Å²) >= 11 is 0. The Morgan fingerprint density at radius 1 is 1.17 bits per heavy atom. The van der Waals surface area contributed by atoms with E-state index in [1.165, 1.54) is 10.6 Å². The topological polar surface area (TPSA) is 66.5 Å². The molecular formula is C18H30N2O3S. The Morgan fingerprint density at radius 2 is 1.79 bits per heavy atom. The van der Waals surface area contributed by atoms with E-state index >= 15 is 0 Å². The summed E-state index contributed by atoms with van der Waals surface area (Å²) in [4.78, 5) is 11.9. The Kier molecular flexibility index (Phi) is 7.27. The van der Waals surface area contributed by atoms with E-state index < -0.39 is 10.0 Å². The van der Waals surface area contributed by atoms with Crippen molar-refractivity contribution >= 4 is 21.6 Å². The molecule has 1 aromatic rings. The average Bonchev–Trinajstić information content (AvgIpc) is 2.45. The standard InChI is InChI=1S/C18H30N2O3S/c1-13(2)16(5)19-18(21)8-7-11-20(24(6,22)23)17-10-9-14(3)15(4)12-17/h9-10,12-13,16H,7-8,11H2,1-6H3,(H,19,21)/t16-/m0/s1. The van der Waals surface area contributed by atoms with Crippen molar-refractivity contribution in [2.45, 2.75) is 53.5 Å². The van der Waals surface area contributed by atoms with Crippen LogP contribution in [-0.4, -0.2) is 33.2 Å². The number of benzene rings is 1. The van der Waals surface area contributed by atoms with Gasteiger partial charge in [-0.15, -0.1) is 0 Å². The van der Waals surface area contributed by atoms with Gasteiger partial charge in [0, 0.05) is 19.0 Å². The average molecular weight is 355 g/mol. The molecule has 0 aliphatic rings. The first kappa shape index (κ1) is 20.5. The van der Waals surface area contributed by atoms with Crippen LogP contribution >= 0.6 is 0 Å². The molecule has 0 bridgehead atoms. The molecule has 0 aliphatic carbocycles. The van der Waals surface area contributed by atoms with Crippen LogP contribution in [0.4, 0.5) is 5.69 Å². The number of sulfonamides is 1. The van der Waals surface area contributed by atoms with Gasteiger partial charge < -0.3 is 5.32 Å². The van der Waals surface area contributed by atoms with E-state index in [0.29, 0.717) is 31.0 Å². The second-order valence-electron chi connectivity index (χ2n) is 6.81. The molecule has 0 saturated carbocycles. The van der Waals surface area contributed by atoms with Crippen LogP contribution in [0.2, 0.25) is 0 Å². The van der Waals surface area contributed by atoms with E-state index in [0.717, 1.165) is 11.1 Å². The summed E-state index contributed by atoms with van der Waals surface area (Å²) in [5.41, 5.74) is 2.82. The Hall–Kier alpha value is -1.56. The molecule has 1 amide bonds. The molecule has 0 aromatic heterocycles. The van der Waals surface area contributed by atoms with E-state index in [1.807, 2.05) is 39.0 Å². The summed E-state index contributed by atoms with van der Waals surface area (Å²) in [6.45, 7) is 10.3. The van der Waals surface area contributed by atoms with E-state index in [-0.39, 0.29) is 11.9 Å². The summed E-state index contributed by atoms with van der Waals surface area (Å²) in [5, 5.41) is 2.94. The minimum Gasteiger partial charge on any atom is -0.353 e. The zero-order chi connectivity index (χ0) is 18.5. The summed E-state index contributed by atoms with van der Waals surface area (Å²) in [7, 11) is -3.38. The second-order valence-corrected chi connectivity index (χ2v) is 8.71. The molecule has 0 spiro atoms. The summed E-state index contributed by atoms with van der Waals surface area (Å²) < 4.78 is 25.6. The number of rotatable bonds is 8. The number of hydrogen-bond acceptors (Lipinski definition) is 3. The normalized spacial score (nSPS) is 13.0. The quantitative estimate of drug-likeness (QED) is 0.780. The van der Waals surface area contributed by atoms with Crippen LogP contribution in [-0.2, 0) is 14.8 Å². The minimum absolute atomic E-state index is 0.0373. The molecule has 1 rings (SSSR count). The van der Waals surface area contributed by atoms with Gasteiger partial charge in [-0.1, -0.05) is 19.9 Å². The van der Waals surface area contributed by atoms with Gasteiger partial charge in [0.15, 0.2) is 0 Å². The van der Waals surface area contributed by atoms with Gasteiger partial charge in [0.1, 0.15) is 0 Å². The number of anilines is 1. The number of carbonyl (C=O) groups is 1. The van der Waals surface area contributed by atoms with Crippen LogP contribution in [0.15, 0.2) is 18.2 Å². The number of nitrogens with zero attached hydrogens (tertiary/aromatic N) is 1. The fourth-order valence-electron chi connectivity index (χ4n) is 2.24. The van der Waals surface area contributed by atoms with E-state index in [9.17, 15) is 13.2 Å². The number of carbonyl (C=O) groups excluding carboxylic acids is 1. The second kappa shape index (κ2) is 8.51. The number of nitrogens with one attached hydrogen (secondary N) is 1. The zero-order valence-electron chi connectivity index (χ0n) is 15.6. The van der Waals surface area contributed by atoms with E-state index in [1.54, 1.807) is 0 Å². The van der Waals surface area contributed by atoms with Crippen molar-refractivity contribution in [2.75, 3.05) is 17.1 Å². The molecule has 0 radical (unpaired) electrons. The summed E-state index contributed by atoms with van der Waals surface area (Å²) in [5.74, 6) is 0.335. The largest absolute Gasteiger partial charge is 0.353 e. The highest BCUT2D eigenvalue weighted by Gasteiger charge is 2.18. The van der Waals surface area contributed by atoms with Gasteiger partial charge in [0.25, 0.3) is 0 Å². The maximum atomic E-state index is 12.1. The van der Waals surface area contributed by atoms with Crippen molar-refractivity contribution in [1.82, 2.24) is 5.32 Å². The summed E-state index contributed by atoms with van der Waals surface area (Å²) in [6, 6.07) is 5.71. The van der Waals surface area contributed by atoms with Gasteiger partial charge >= 0.3 is 0 Å². The van der Waals surface area contributed by atoms with Crippen LogP contribution in [0.3, 0.4) is 0 Å². The van der Waals surface area contributed by atoms with Gasteiger partial charge in [-0.3, -0.25) is 9.10 Å². The van der Waals surface area contributed by atoms with Gasteiger partial charge in [-0.05, 0) is 56.4 Å². The number of aryl methyl sites for hydroxylation is 2. The van der Waals surface area contributed by atoms with Crippen LogP contribution in [0, 0.1) is 19.8 Å². The number of amides is 1. The Labute approximate surface area is 146 Å². The highest BCUT2D eigenvalue weighted by Crippen LogP contribution is 2.21. The van der Waals surface area contributed by atoms with Crippen molar-refractivity contribution < 1.29 is 13.2 Å². The third kappa shape index (κ3) is 6.15. The fourth-order valence-corrected chi connectivity index (χ4v) is 3.20. The van der Waals surface area contributed by atoms with E-state index in [4.69, 9.17) is 0 Å². The smallest absolute Gasteiger partial charge is 0.232 e. The van der Waals surface area contributed by atoms with E-state index in [2.05, 4.69) is 19.2 Å². The monoisotopic (exact) mass is 354 g/mol. The highest BCUT2D eigenvalue weighted by atomic mass is 32.2. The van der Waals surface area contributed by atoms with Gasteiger partial charge in [-0.2, -0.15) is 0 Å². The molecule has 0 saturated heterocycles. The van der Waals surface area contributed by atoms with Crippen LogP contribution in [0.1, 0.15) is 44.7 Å². The van der Waals surface area contributed by atoms with Crippen molar-refractivity contribution in [3.05, 3.63) is 29.3 Å². The van der Waals surface area contributed by atoms with Crippen molar-refractivity contribution in [1.29, 1.82) is 0 Å². The molecule has 6 heteroatoms. The Bertz CT molecular complexity index is 669. The fraction of sp³-hybridized carbons (Fsp3) is 0.611. The molecule has 0 heterocycles. The lowest BCUT2D eigenvalue weighted by molar-refractivity contribution is -0.122. The lowest BCUT2D eigenvalue weighted by atomic mass is 10.1. The van der Waals surface area contributed by atoms with Crippen molar-refractivity contribution in [3.63, 3.8) is 0 Å². The molecular weight excluding hydrogens is 324 g/mol. The first-order valence-electron chi connectivity index (χ1n) is 8.36. The maximum Gasteiger partial charge on any atom is 0.232 e. The maximum absolute atomic E-state index is 12.1. The third-order valence-electron chi connectivity index (χ3n) is 4.33. The molecule has 0 aliphatic heterocycles. The van der Waals surface area contributed by atoms with Crippen molar-refractivity contribution in [2.24, 2.45) is 5.92 Å². The van der Waals surface area contributed by atoms with Crippen LogP contribution in [0.25, 0.3) is 0 Å². The minimum atomic E-state index is -3.38. The number of hydrogen-bond donors (Lipinski definition) is 1. The molecule has 1 atom stereocenters. The third-order valence-corrected chi connectivity index (χ3v) is 5.53. The van der Waals surface area contributed by atoms with Crippen molar-refractivity contribution in [3.8, 4) is 0 Å². The van der Waals surface area contributed by atoms with Gasteiger partial charge in [0.05, 0.1) is 11.9 Å². The molecule has 0 fully saturated rings. The molecule has 5 nitrogen and oxygen atoms in total. The van der Waals surface area contributed by atoms with Crippen LogP contribution < -0.4 is 9.62 Å². The lowest BCUT2D eigenvalue weighted by Crippen LogP contribution is -2.37. The van der Waals surface area contributed by atoms with Gasteiger partial charge in [0.2, 0.25) is 15.9 Å². The molecule has 1 aromatic carbocycles. The first-order valence-corrected chi connectivity index (χ1v) is 10.2. The SMILES string of the molecule is Cc1ccc(N(CCCC(=O)N[C@@H](C)C(C)C)S(C)(=O)=O)cc1C. The summed E-state index contributed by atoms with van der Waals surface area (Å²) in [6.07, 6.45) is 1.99. The molecule has 136 valence electrons. The molecule has 24 heavy (non-hydrogen) atoms. The predicted octanol–water partition coefficient (Wildman–Crippen LogP) is 3.01. The lowest BCUT2D eigenvalue weighted by Gasteiger charge is -2.23.